The zero-order valence-corrected chi connectivity index (χ0v) is 39.8. The number of carbonyl (C=O) groups excluding carboxylic acids is 2. The van der Waals surface area contributed by atoms with Crippen LogP contribution < -0.4 is 0 Å². The van der Waals surface area contributed by atoms with Crippen LogP contribution in [0.5, 0.6) is 0 Å². The highest BCUT2D eigenvalue weighted by atomic mass is 16.7. The number of rotatable bonds is 40. The number of hydrogen-bond acceptors (Lipinski definition) is 15. The second-order valence-electron chi connectivity index (χ2n) is 18.4. The molecule has 64 heavy (non-hydrogen) atoms. The Hall–Kier alpha value is -1.50. The van der Waals surface area contributed by atoms with Gasteiger partial charge >= 0.3 is 11.9 Å². The van der Waals surface area contributed by atoms with E-state index in [-0.39, 0.29) is 26.1 Å². The molecule has 2 fully saturated rings. The summed E-state index contributed by atoms with van der Waals surface area (Å²) in [4.78, 5) is 25.7. The lowest BCUT2D eigenvalue weighted by atomic mass is 9.98. The minimum Gasteiger partial charge on any atom is -0.462 e. The SMILES string of the molecule is CCCCCCCCCCCCCCCCCCCC(=O)O[C@H](COC(=O)CCCCCCCCCCCCC)CO[C@H]1O[C@@H](CO[C@H]2O[C@@H](CO)[C@@H](O)C(O)C2O)[C@@H](O)C(O)C1O. The van der Waals surface area contributed by atoms with Crippen molar-refractivity contribution in [3.8, 4) is 0 Å². The van der Waals surface area contributed by atoms with E-state index in [4.69, 9.17) is 28.4 Å². The van der Waals surface area contributed by atoms with Crippen molar-refractivity contribution in [2.24, 2.45) is 0 Å². The average molecular weight is 921 g/mol. The van der Waals surface area contributed by atoms with Crippen molar-refractivity contribution in [2.75, 3.05) is 26.4 Å². The van der Waals surface area contributed by atoms with E-state index < -0.39 is 92.7 Å². The predicted molar refractivity (Wildman–Crippen MR) is 243 cm³/mol. The highest BCUT2D eigenvalue weighted by Gasteiger charge is 2.47. The molecule has 0 bridgehead atoms. The first-order valence-corrected chi connectivity index (χ1v) is 25.6. The van der Waals surface area contributed by atoms with Crippen molar-refractivity contribution in [3.63, 3.8) is 0 Å². The van der Waals surface area contributed by atoms with E-state index in [0.717, 1.165) is 38.5 Å². The maximum absolute atomic E-state index is 13.0. The van der Waals surface area contributed by atoms with E-state index in [1.807, 2.05) is 0 Å². The standard InChI is InChI=1S/C49H92O15/c1-3-5-7-9-11-13-15-16-17-18-19-20-22-24-26-28-30-32-41(52)62-37(34-59-40(51)31-29-27-25-23-21-14-12-10-8-6-4-2)35-60-48-47(58)45(56)43(54)39(64-48)36-61-49-46(57)44(55)42(53)38(33-50)63-49/h37-39,42-50,53-58H,3-36H2,1-2H3/t37-,38+,39+,42-,43-,44?,45?,46?,47?,48+,49+/m1/s1. The molecule has 2 aliphatic heterocycles. The fourth-order valence-electron chi connectivity index (χ4n) is 8.34. The van der Waals surface area contributed by atoms with Gasteiger partial charge in [0.25, 0.3) is 0 Å². The Morgan fingerprint density at radius 2 is 0.797 bits per heavy atom. The molecule has 2 aliphatic rings. The summed E-state index contributed by atoms with van der Waals surface area (Å²) < 4.78 is 33.6. The van der Waals surface area contributed by atoms with Gasteiger partial charge in [0.05, 0.1) is 19.8 Å². The highest BCUT2D eigenvalue weighted by molar-refractivity contribution is 5.70. The molecule has 0 saturated carbocycles. The molecule has 0 spiro atoms. The van der Waals surface area contributed by atoms with Crippen LogP contribution in [0.15, 0.2) is 0 Å². The molecule has 0 aliphatic carbocycles. The Morgan fingerprint density at radius 3 is 1.22 bits per heavy atom. The molecule has 0 aromatic rings. The summed E-state index contributed by atoms with van der Waals surface area (Å²) in [5, 5.41) is 72.0. The average Bonchev–Trinajstić information content (AvgIpc) is 3.29. The van der Waals surface area contributed by atoms with Gasteiger partial charge in [0.15, 0.2) is 18.7 Å². The number of aliphatic hydroxyl groups is 7. The monoisotopic (exact) mass is 921 g/mol. The van der Waals surface area contributed by atoms with Crippen LogP contribution in [0.1, 0.15) is 206 Å². The summed E-state index contributed by atoms with van der Waals surface area (Å²) in [7, 11) is 0. The molecule has 378 valence electrons. The first kappa shape index (κ1) is 58.6. The number of esters is 2. The Balaban J connectivity index is 1.80. The molecule has 2 rings (SSSR count). The number of carbonyl (C=O) groups is 2. The molecule has 15 heteroatoms. The normalized spacial score (nSPS) is 26.5. The topological polar surface area (TPSA) is 231 Å². The number of ether oxygens (including phenoxy) is 6. The minimum atomic E-state index is -1.76. The van der Waals surface area contributed by atoms with Crippen LogP contribution in [0.25, 0.3) is 0 Å². The van der Waals surface area contributed by atoms with E-state index in [0.29, 0.717) is 12.8 Å². The van der Waals surface area contributed by atoms with Crippen LogP contribution in [0.3, 0.4) is 0 Å². The number of aliphatic hydroxyl groups excluding tert-OH is 7. The smallest absolute Gasteiger partial charge is 0.306 e. The van der Waals surface area contributed by atoms with Crippen molar-refractivity contribution in [1.82, 2.24) is 0 Å². The fourth-order valence-corrected chi connectivity index (χ4v) is 8.34. The second-order valence-corrected chi connectivity index (χ2v) is 18.4. The molecule has 7 N–H and O–H groups in total. The molecule has 2 heterocycles. The van der Waals surface area contributed by atoms with Crippen LogP contribution in [0, 0.1) is 0 Å². The largest absolute Gasteiger partial charge is 0.462 e. The van der Waals surface area contributed by atoms with Gasteiger partial charge in [-0.25, -0.2) is 0 Å². The van der Waals surface area contributed by atoms with Gasteiger partial charge in [-0.05, 0) is 12.8 Å². The molecular formula is C49H92O15. The molecule has 0 aromatic heterocycles. The van der Waals surface area contributed by atoms with Crippen LogP contribution in [-0.4, -0.2) is 142 Å². The first-order valence-electron chi connectivity index (χ1n) is 25.6. The summed E-state index contributed by atoms with van der Waals surface area (Å²) >= 11 is 0. The second kappa shape index (κ2) is 37.5. The molecule has 0 aromatic carbocycles. The van der Waals surface area contributed by atoms with Gasteiger partial charge in [-0.1, -0.05) is 181 Å². The van der Waals surface area contributed by atoms with Gasteiger partial charge in [0, 0.05) is 12.8 Å². The third kappa shape index (κ3) is 25.6. The molecule has 11 atom stereocenters. The van der Waals surface area contributed by atoms with Gasteiger partial charge in [0.1, 0.15) is 55.4 Å². The Kier molecular flexibility index (Phi) is 34.3. The van der Waals surface area contributed by atoms with Crippen molar-refractivity contribution in [3.05, 3.63) is 0 Å². The predicted octanol–water partition coefficient (Wildman–Crippen LogP) is 6.82. The van der Waals surface area contributed by atoms with Gasteiger partial charge < -0.3 is 64.2 Å². The zero-order chi connectivity index (χ0) is 46.8. The molecular weight excluding hydrogens is 829 g/mol. The van der Waals surface area contributed by atoms with Gasteiger partial charge in [0.2, 0.25) is 0 Å². The zero-order valence-electron chi connectivity index (χ0n) is 39.8. The fraction of sp³-hybridized carbons (Fsp3) is 0.959. The lowest BCUT2D eigenvalue weighted by molar-refractivity contribution is -0.332. The first-order chi connectivity index (χ1) is 31.0. The summed E-state index contributed by atoms with van der Waals surface area (Å²) in [6.45, 7) is 2.61. The lowest BCUT2D eigenvalue weighted by Crippen LogP contribution is -2.61. The third-order valence-corrected chi connectivity index (χ3v) is 12.6. The van der Waals surface area contributed by atoms with Crippen molar-refractivity contribution < 1.29 is 73.8 Å². The number of hydrogen-bond donors (Lipinski definition) is 7. The molecule has 15 nitrogen and oxygen atoms in total. The van der Waals surface area contributed by atoms with E-state index in [1.54, 1.807) is 0 Å². The van der Waals surface area contributed by atoms with Crippen LogP contribution in [-0.2, 0) is 38.0 Å². The molecule has 4 unspecified atom stereocenters. The summed E-state index contributed by atoms with van der Waals surface area (Å²) in [6.07, 6.45) is 17.1. The maximum Gasteiger partial charge on any atom is 0.306 e. The third-order valence-electron chi connectivity index (χ3n) is 12.6. The molecule has 0 amide bonds. The quantitative estimate of drug-likeness (QED) is 0.0247. The Labute approximate surface area is 385 Å². The van der Waals surface area contributed by atoms with Crippen molar-refractivity contribution >= 4 is 11.9 Å². The van der Waals surface area contributed by atoms with E-state index in [1.165, 1.54) is 128 Å². The van der Waals surface area contributed by atoms with E-state index >= 15 is 0 Å². The van der Waals surface area contributed by atoms with Gasteiger partial charge in [-0.2, -0.15) is 0 Å². The summed E-state index contributed by atoms with van der Waals surface area (Å²) in [5.41, 5.74) is 0. The minimum absolute atomic E-state index is 0.173. The number of unbranched alkanes of at least 4 members (excludes halogenated alkanes) is 26. The summed E-state index contributed by atoms with van der Waals surface area (Å²) in [6, 6.07) is 0. The summed E-state index contributed by atoms with van der Waals surface area (Å²) in [5.74, 6) is -0.912. The molecule has 0 radical (unpaired) electrons. The van der Waals surface area contributed by atoms with E-state index in [9.17, 15) is 45.3 Å². The van der Waals surface area contributed by atoms with Crippen LogP contribution >= 0.6 is 0 Å². The maximum atomic E-state index is 13.0. The Bertz CT molecular complexity index is 1130. The van der Waals surface area contributed by atoms with Crippen molar-refractivity contribution in [2.45, 2.75) is 274 Å². The Morgan fingerprint density at radius 1 is 0.438 bits per heavy atom. The highest BCUT2D eigenvalue weighted by Crippen LogP contribution is 2.26. The van der Waals surface area contributed by atoms with Gasteiger partial charge in [-0.15, -0.1) is 0 Å². The van der Waals surface area contributed by atoms with E-state index in [2.05, 4.69) is 13.8 Å². The van der Waals surface area contributed by atoms with Gasteiger partial charge in [-0.3, -0.25) is 9.59 Å². The van der Waals surface area contributed by atoms with Crippen LogP contribution in [0.2, 0.25) is 0 Å². The van der Waals surface area contributed by atoms with Crippen molar-refractivity contribution in [1.29, 1.82) is 0 Å². The van der Waals surface area contributed by atoms with Crippen LogP contribution in [0.4, 0.5) is 0 Å². The molecule has 2 saturated heterocycles. The lowest BCUT2D eigenvalue weighted by Gasteiger charge is -2.42.